The molecule has 0 aliphatic heterocycles. The Kier molecular flexibility index (Phi) is 7.38. The average molecular weight is 456 g/mol. The minimum atomic E-state index is -0.166. The molecule has 166 valence electrons. The Balaban J connectivity index is 1.71. The van der Waals surface area contributed by atoms with Crippen molar-refractivity contribution in [1.29, 1.82) is 0 Å². The Labute approximate surface area is 198 Å². The van der Waals surface area contributed by atoms with Crippen LogP contribution in [-0.2, 0) is 6.54 Å². The second-order valence-corrected chi connectivity index (χ2v) is 8.14. The third-order valence-corrected chi connectivity index (χ3v) is 5.69. The lowest BCUT2D eigenvalue weighted by molar-refractivity contribution is 0.715. The van der Waals surface area contributed by atoms with E-state index < -0.39 is 0 Å². The van der Waals surface area contributed by atoms with Crippen molar-refractivity contribution in [3.63, 3.8) is 0 Å². The molecule has 0 atom stereocenters. The number of benzene rings is 2. The van der Waals surface area contributed by atoms with Crippen LogP contribution in [0.2, 0.25) is 5.02 Å². The SMILES string of the molecule is C=C/C=C\CC/C=C\CCn1ccnc1-c1c(-c2ccccc2)c2cc(Cl)ccc2[nH]c1=O. The first kappa shape index (κ1) is 22.6. The third-order valence-electron chi connectivity index (χ3n) is 5.45. The maximum atomic E-state index is 13.3. The molecule has 5 heteroatoms. The van der Waals surface area contributed by atoms with Gasteiger partial charge in [-0.3, -0.25) is 4.79 Å². The summed E-state index contributed by atoms with van der Waals surface area (Å²) in [6.07, 6.45) is 16.7. The molecule has 0 aliphatic rings. The molecule has 0 spiro atoms. The number of allylic oxidation sites excluding steroid dienone is 5. The van der Waals surface area contributed by atoms with Gasteiger partial charge in [-0.1, -0.05) is 78.9 Å². The molecule has 4 aromatic rings. The zero-order valence-corrected chi connectivity index (χ0v) is 19.1. The molecule has 2 aromatic heterocycles. The van der Waals surface area contributed by atoms with Gasteiger partial charge in [0.25, 0.3) is 5.56 Å². The minimum absolute atomic E-state index is 0.166. The highest BCUT2D eigenvalue weighted by Gasteiger charge is 2.20. The Hall–Kier alpha value is -3.63. The molecule has 2 heterocycles. The summed E-state index contributed by atoms with van der Waals surface area (Å²) < 4.78 is 2.04. The molecule has 0 unspecified atom stereocenters. The van der Waals surface area contributed by atoms with E-state index in [4.69, 9.17) is 11.6 Å². The number of nitrogens with one attached hydrogen (secondary N) is 1. The number of imidazole rings is 1. The largest absolute Gasteiger partial charge is 0.330 e. The van der Waals surface area contributed by atoms with Gasteiger partial charge in [-0.15, -0.1) is 0 Å². The Bertz CT molecular complexity index is 1360. The van der Waals surface area contributed by atoms with E-state index >= 15 is 0 Å². The van der Waals surface area contributed by atoms with Gasteiger partial charge in [0.15, 0.2) is 0 Å². The van der Waals surface area contributed by atoms with Gasteiger partial charge in [-0.2, -0.15) is 0 Å². The van der Waals surface area contributed by atoms with E-state index in [2.05, 4.69) is 34.8 Å². The lowest BCUT2D eigenvalue weighted by Crippen LogP contribution is -2.14. The molecule has 2 aromatic carbocycles. The van der Waals surface area contributed by atoms with Gasteiger partial charge in [0.05, 0.1) is 5.56 Å². The molecule has 33 heavy (non-hydrogen) atoms. The van der Waals surface area contributed by atoms with Crippen LogP contribution < -0.4 is 5.56 Å². The van der Waals surface area contributed by atoms with Crippen LogP contribution in [0, 0.1) is 0 Å². The van der Waals surface area contributed by atoms with Crippen LogP contribution in [0.1, 0.15) is 19.3 Å². The molecule has 0 saturated carbocycles. The maximum absolute atomic E-state index is 13.3. The number of unbranched alkanes of at least 4 members (excludes halogenated alkanes) is 1. The summed E-state index contributed by atoms with van der Waals surface area (Å²) >= 11 is 6.34. The van der Waals surface area contributed by atoms with Gasteiger partial charge in [0.2, 0.25) is 0 Å². The zero-order valence-electron chi connectivity index (χ0n) is 18.4. The topological polar surface area (TPSA) is 50.7 Å². The Morgan fingerprint density at radius 2 is 1.79 bits per heavy atom. The van der Waals surface area contributed by atoms with Crippen LogP contribution in [0.3, 0.4) is 0 Å². The first-order valence-corrected chi connectivity index (χ1v) is 11.4. The number of nitrogens with zero attached hydrogens (tertiary/aromatic N) is 2. The molecule has 0 radical (unpaired) electrons. The quantitative estimate of drug-likeness (QED) is 0.165. The highest BCUT2D eigenvalue weighted by Crippen LogP contribution is 2.35. The van der Waals surface area contributed by atoms with E-state index in [-0.39, 0.29) is 5.56 Å². The van der Waals surface area contributed by atoms with E-state index in [1.54, 1.807) is 18.3 Å². The van der Waals surface area contributed by atoms with E-state index in [0.29, 0.717) is 16.4 Å². The van der Waals surface area contributed by atoms with Crippen LogP contribution in [0.4, 0.5) is 0 Å². The number of halogens is 1. The van der Waals surface area contributed by atoms with E-state index in [0.717, 1.165) is 47.8 Å². The summed E-state index contributed by atoms with van der Waals surface area (Å²) in [5.41, 5.74) is 2.93. The fourth-order valence-electron chi connectivity index (χ4n) is 3.94. The van der Waals surface area contributed by atoms with Crippen molar-refractivity contribution >= 4 is 22.5 Å². The van der Waals surface area contributed by atoms with Crippen LogP contribution >= 0.6 is 11.6 Å². The number of H-pyrrole nitrogens is 1. The van der Waals surface area contributed by atoms with Crippen molar-refractivity contribution in [3.05, 3.63) is 113 Å². The summed E-state index contributed by atoms with van der Waals surface area (Å²) in [4.78, 5) is 20.9. The van der Waals surface area contributed by atoms with Crippen molar-refractivity contribution in [1.82, 2.24) is 14.5 Å². The van der Waals surface area contributed by atoms with Gasteiger partial charge in [0.1, 0.15) is 5.82 Å². The number of hydrogen-bond donors (Lipinski definition) is 1. The molecule has 0 aliphatic carbocycles. The lowest BCUT2D eigenvalue weighted by Gasteiger charge is -2.14. The third kappa shape index (κ3) is 5.24. The summed E-state index contributed by atoms with van der Waals surface area (Å²) in [6.45, 7) is 4.41. The molecular formula is C28H26ClN3O. The van der Waals surface area contributed by atoms with E-state index in [1.165, 1.54) is 0 Å². The van der Waals surface area contributed by atoms with Crippen molar-refractivity contribution < 1.29 is 0 Å². The van der Waals surface area contributed by atoms with Crippen LogP contribution in [0.5, 0.6) is 0 Å². The number of rotatable bonds is 9. The molecular weight excluding hydrogens is 430 g/mol. The van der Waals surface area contributed by atoms with Crippen LogP contribution in [-0.4, -0.2) is 14.5 Å². The summed E-state index contributed by atoms with van der Waals surface area (Å²) in [5, 5.41) is 1.51. The molecule has 1 N–H and O–H groups in total. The lowest BCUT2D eigenvalue weighted by atomic mass is 9.95. The normalized spacial score (nSPS) is 11.7. The maximum Gasteiger partial charge on any atom is 0.260 e. The van der Waals surface area contributed by atoms with E-state index in [1.807, 2.05) is 59.3 Å². The monoisotopic (exact) mass is 455 g/mol. The second kappa shape index (κ2) is 10.8. The molecule has 4 rings (SSSR count). The minimum Gasteiger partial charge on any atom is -0.330 e. The standard InChI is InChI=1S/C28H26ClN3O/c1-2-3-4-5-6-7-8-12-18-32-19-17-30-27(32)26-25(21-13-10-9-11-14-21)23-20-22(29)15-16-24(23)31-28(26)33/h2-4,7-11,13-17,19-20H,1,5-6,12,18H2,(H,31,33)/b4-3-,8-7-. The first-order valence-electron chi connectivity index (χ1n) is 11.0. The average Bonchev–Trinajstić information content (AvgIpc) is 3.29. The van der Waals surface area contributed by atoms with Crippen molar-refractivity contribution in [2.45, 2.75) is 25.8 Å². The van der Waals surface area contributed by atoms with Crippen molar-refractivity contribution in [2.75, 3.05) is 0 Å². The summed E-state index contributed by atoms with van der Waals surface area (Å²) in [7, 11) is 0. The first-order chi connectivity index (χ1) is 16.2. The molecule has 0 saturated heterocycles. The molecule has 0 bridgehead atoms. The number of hydrogen-bond acceptors (Lipinski definition) is 2. The van der Waals surface area contributed by atoms with Gasteiger partial charge < -0.3 is 9.55 Å². The zero-order chi connectivity index (χ0) is 23.0. The molecule has 4 nitrogen and oxygen atoms in total. The fourth-order valence-corrected chi connectivity index (χ4v) is 4.11. The number of fused-ring (bicyclic) bond motifs is 1. The highest BCUT2D eigenvalue weighted by molar-refractivity contribution is 6.31. The Morgan fingerprint density at radius 3 is 2.61 bits per heavy atom. The van der Waals surface area contributed by atoms with Crippen molar-refractivity contribution in [3.8, 4) is 22.5 Å². The second-order valence-electron chi connectivity index (χ2n) is 7.71. The van der Waals surface area contributed by atoms with Crippen LogP contribution in [0.15, 0.2) is 103 Å². The van der Waals surface area contributed by atoms with Gasteiger partial charge in [-0.25, -0.2) is 4.98 Å². The number of aryl methyl sites for hydroxylation is 1. The van der Waals surface area contributed by atoms with Gasteiger partial charge >= 0.3 is 0 Å². The highest BCUT2D eigenvalue weighted by atomic mass is 35.5. The van der Waals surface area contributed by atoms with Crippen molar-refractivity contribution in [2.24, 2.45) is 0 Å². The Morgan fingerprint density at radius 1 is 1.00 bits per heavy atom. The van der Waals surface area contributed by atoms with E-state index in [9.17, 15) is 4.79 Å². The summed E-state index contributed by atoms with van der Waals surface area (Å²) in [6, 6.07) is 15.5. The predicted molar refractivity (Wildman–Crippen MR) is 139 cm³/mol. The summed E-state index contributed by atoms with van der Waals surface area (Å²) in [5.74, 6) is 0.652. The smallest absolute Gasteiger partial charge is 0.260 e. The molecule has 0 fully saturated rings. The number of aromatic nitrogens is 3. The molecule has 0 amide bonds. The van der Waals surface area contributed by atoms with Crippen LogP contribution in [0.25, 0.3) is 33.4 Å². The fraction of sp³-hybridized carbons (Fsp3) is 0.143. The van der Waals surface area contributed by atoms with Gasteiger partial charge in [-0.05, 0) is 43.0 Å². The predicted octanol–water partition coefficient (Wildman–Crippen LogP) is 7.18. The van der Waals surface area contributed by atoms with Gasteiger partial charge in [0, 0.05) is 40.4 Å². The number of pyridine rings is 1. The number of aromatic amines is 1.